The van der Waals surface area contributed by atoms with E-state index in [2.05, 4.69) is 15.1 Å². The summed E-state index contributed by atoms with van der Waals surface area (Å²) in [5.41, 5.74) is -0.707. The van der Waals surface area contributed by atoms with Crippen molar-refractivity contribution in [1.29, 1.82) is 0 Å². The normalized spacial score (nSPS) is 15.4. The highest BCUT2D eigenvalue weighted by molar-refractivity contribution is 5.78. The van der Waals surface area contributed by atoms with Crippen molar-refractivity contribution in [1.82, 2.24) is 19.7 Å². The molecule has 0 aromatic carbocycles. The number of ether oxygens (including phenoxy) is 1. The summed E-state index contributed by atoms with van der Waals surface area (Å²) in [4.78, 5) is 20.4. The number of aryl methyl sites for hydroxylation is 1. The number of morpholine rings is 1. The van der Waals surface area contributed by atoms with E-state index >= 15 is 0 Å². The van der Waals surface area contributed by atoms with E-state index in [1.807, 2.05) is 0 Å². The highest BCUT2D eigenvalue weighted by Gasteiger charge is 2.36. The molecule has 3 heterocycles. The van der Waals surface area contributed by atoms with E-state index in [1.165, 1.54) is 13.2 Å². The summed E-state index contributed by atoms with van der Waals surface area (Å²) in [6.07, 6.45) is -2.59. The van der Waals surface area contributed by atoms with Gasteiger partial charge in [0.25, 0.3) is 0 Å². The maximum absolute atomic E-state index is 13.0. The zero-order valence-corrected chi connectivity index (χ0v) is 13.1. The molecule has 1 saturated heterocycles. The van der Waals surface area contributed by atoms with Crippen LogP contribution in [0.3, 0.4) is 0 Å². The number of alkyl halides is 3. The molecule has 0 unspecified atom stereocenters. The zero-order chi connectivity index (χ0) is 18.2. The average molecular weight is 357 g/mol. The van der Waals surface area contributed by atoms with Crippen LogP contribution in [0, 0.1) is 0 Å². The minimum Gasteiger partial charge on any atom is -0.503 e. The third-order valence-electron chi connectivity index (χ3n) is 3.73. The molecule has 25 heavy (non-hydrogen) atoms. The van der Waals surface area contributed by atoms with Gasteiger partial charge in [0, 0.05) is 31.9 Å². The molecule has 134 valence electrons. The first-order valence-electron chi connectivity index (χ1n) is 7.31. The largest absolute Gasteiger partial charge is 0.503 e. The molecule has 8 nitrogen and oxygen atoms in total. The fraction of sp³-hybridized carbons (Fsp3) is 0.429. The van der Waals surface area contributed by atoms with E-state index in [0.717, 1.165) is 10.9 Å². The Bertz CT molecular complexity index is 847. The molecule has 2 aromatic heterocycles. The van der Waals surface area contributed by atoms with Crippen LogP contribution in [0.4, 0.5) is 19.0 Å². The summed E-state index contributed by atoms with van der Waals surface area (Å²) in [7, 11) is 1.35. The van der Waals surface area contributed by atoms with Gasteiger partial charge >= 0.3 is 11.7 Å². The van der Waals surface area contributed by atoms with Gasteiger partial charge in [-0.25, -0.2) is 14.6 Å². The standard InChI is InChI=1S/C14H14F3N5O3/c1-21-12(24)10(23)8(7-19-21)9-6-18-13(14(15,16)17)20-11(9)22-2-4-25-5-3-22/h6-7,23H,2-5H2,1H3. The molecule has 1 fully saturated rings. The number of aromatic nitrogens is 4. The molecule has 0 bridgehead atoms. The van der Waals surface area contributed by atoms with Gasteiger partial charge in [-0.15, -0.1) is 0 Å². The summed E-state index contributed by atoms with van der Waals surface area (Å²) in [5.74, 6) is -1.96. The Kier molecular flexibility index (Phi) is 4.33. The average Bonchev–Trinajstić information content (AvgIpc) is 2.59. The first-order chi connectivity index (χ1) is 11.8. The summed E-state index contributed by atoms with van der Waals surface area (Å²) in [6.45, 7) is 1.29. The molecule has 0 spiro atoms. The van der Waals surface area contributed by atoms with Crippen LogP contribution >= 0.6 is 0 Å². The highest BCUT2D eigenvalue weighted by atomic mass is 19.4. The lowest BCUT2D eigenvalue weighted by Gasteiger charge is -2.29. The Balaban J connectivity index is 2.19. The van der Waals surface area contributed by atoms with Gasteiger partial charge in [0.2, 0.25) is 5.82 Å². The molecule has 11 heteroatoms. The van der Waals surface area contributed by atoms with Gasteiger partial charge < -0.3 is 14.7 Å². The Morgan fingerprint density at radius 3 is 2.52 bits per heavy atom. The van der Waals surface area contributed by atoms with Crippen LogP contribution in [0.2, 0.25) is 0 Å². The fourth-order valence-corrected chi connectivity index (χ4v) is 2.44. The van der Waals surface area contributed by atoms with E-state index in [-0.39, 0.29) is 16.9 Å². The molecule has 0 aliphatic carbocycles. The first kappa shape index (κ1) is 17.1. The molecular weight excluding hydrogens is 343 g/mol. The summed E-state index contributed by atoms with van der Waals surface area (Å²) >= 11 is 0. The number of nitrogens with zero attached hydrogens (tertiary/aromatic N) is 5. The SMILES string of the molecule is Cn1ncc(-c2cnc(C(F)(F)F)nc2N2CCOCC2)c(O)c1=O. The van der Waals surface area contributed by atoms with Crippen LogP contribution in [0.1, 0.15) is 5.82 Å². The van der Waals surface area contributed by atoms with E-state index in [1.54, 1.807) is 4.90 Å². The van der Waals surface area contributed by atoms with Gasteiger partial charge in [-0.05, 0) is 0 Å². The Morgan fingerprint density at radius 2 is 1.88 bits per heavy atom. The predicted molar refractivity (Wildman–Crippen MR) is 80.2 cm³/mol. The molecule has 0 amide bonds. The molecule has 1 aliphatic rings. The zero-order valence-electron chi connectivity index (χ0n) is 13.1. The van der Waals surface area contributed by atoms with Gasteiger partial charge in [0.15, 0.2) is 5.75 Å². The first-order valence-corrected chi connectivity index (χ1v) is 7.31. The van der Waals surface area contributed by atoms with Crippen LogP contribution in [0.15, 0.2) is 17.2 Å². The van der Waals surface area contributed by atoms with Crippen molar-refractivity contribution in [3.8, 4) is 16.9 Å². The van der Waals surface area contributed by atoms with Crippen molar-refractivity contribution < 1.29 is 23.0 Å². The maximum Gasteiger partial charge on any atom is 0.451 e. The molecule has 0 saturated carbocycles. The van der Waals surface area contributed by atoms with Crippen LogP contribution < -0.4 is 10.5 Å². The van der Waals surface area contributed by atoms with Crippen molar-refractivity contribution >= 4 is 5.82 Å². The quantitative estimate of drug-likeness (QED) is 0.850. The number of halogens is 3. The van der Waals surface area contributed by atoms with Crippen LogP contribution in [-0.2, 0) is 18.0 Å². The van der Waals surface area contributed by atoms with Crippen molar-refractivity contribution in [2.75, 3.05) is 31.2 Å². The molecule has 2 aromatic rings. The third-order valence-corrected chi connectivity index (χ3v) is 3.73. The highest BCUT2D eigenvalue weighted by Crippen LogP contribution is 2.35. The van der Waals surface area contributed by atoms with Gasteiger partial charge in [-0.1, -0.05) is 0 Å². The number of hydrogen-bond acceptors (Lipinski definition) is 7. The fourth-order valence-electron chi connectivity index (χ4n) is 2.44. The van der Waals surface area contributed by atoms with Crippen molar-refractivity contribution in [2.24, 2.45) is 7.05 Å². The number of aromatic hydroxyl groups is 1. The number of hydrogen-bond donors (Lipinski definition) is 1. The van der Waals surface area contributed by atoms with Crippen LogP contribution in [0.5, 0.6) is 5.75 Å². The smallest absolute Gasteiger partial charge is 0.451 e. The maximum atomic E-state index is 13.0. The molecule has 0 atom stereocenters. The minimum absolute atomic E-state index is 0.0293. The van der Waals surface area contributed by atoms with Crippen molar-refractivity contribution in [3.05, 3.63) is 28.6 Å². The summed E-state index contributed by atoms with van der Waals surface area (Å²) in [6, 6.07) is 0. The Morgan fingerprint density at radius 1 is 1.20 bits per heavy atom. The van der Waals surface area contributed by atoms with Crippen molar-refractivity contribution in [3.63, 3.8) is 0 Å². The van der Waals surface area contributed by atoms with E-state index in [0.29, 0.717) is 26.3 Å². The molecule has 3 rings (SSSR count). The summed E-state index contributed by atoms with van der Waals surface area (Å²) < 4.78 is 45.1. The van der Waals surface area contributed by atoms with Gasteiger partial charge in [-0.3, -0.25) is 4.79 Å². The van der Waals surface area contributed by atoms with E-state index in [4.69, 9.17) is 4.74 Å². The lowest BCUT2D eigenvalue weighted by Crippen LogP contribution is -2.37. The minimum atomic E-state index is -4.72. The van der Waals surface area contributed by atoms with E-state index < -0.39 is 23.3 Å². The van der Waals surface area contributed by atoms with Gasteiger partial charge in [-0.2, -0.15) is 18.3 Å². The topological polar surface area (TPSA) is 93.4 Å². The molecule has 1 N–H and O–H groups in total. The Labute approximate surface area is 139 Å². The third kappa shape index (κ3) is 3.27. The summed E-state index contributed by atoms with van der Waals surface area (Å²) in [5, 5.41) is 13.9. The second-order valence-electron chi connectivity index (χ2n) is 5.36. The predicted octanol–water partition coefficient (Wildman–Crippen LogP) is 0.798. The molecule has 0 radical (unpaired) electrons. The van der Waals surface area contributed by atoms with Crippen LogP contribution in [0.25, 0.3) is 11.1 Å². The van der Waals surface area contributed by atoms with Gasteiger partial charge in [0.1, 0.15) is 5.82 Å². The number of anilines is 1. The second kappa shape index (κ2) is 6.31. The van der Waals surface area contributed by atoms with Crippen LogP contribution in [-0.4, -0.2) is 51.2 Å². The van der Waals surface area contributed by atoms with E-state index in [9.17, 15) is 23.1 Å². The molecule has 1 aliphatic heterocycles. The lowest BCUT2D eigenvalue weighted by atomic mass is 10.1. The van der Waals surface area contributed by atoms with Gasteiger partial charge in [0.05, 0.1) is 25.0 Å². The lowest BCUT2D eigenvalue weighted by molar-refractivity contribution is -0.144. The second-order valence-corrected chi connectivity index (χ2v) is 5.36. The number of rotatable bonds is 2. The van der Waals surface area contributed by atoms with Crippen molar-refractivity contribution in [2.45, 2.75) is 6.18 Å². The Hall–Kier alpha value is -2.69. The monoisotopic (exact) mass is 357 g/mol. The molecular formula is C14H14F3N5O3.